The van der Waals surface area contributed by atoms with E-state index in [9.17, 15) is 9.59 Å². The van der Waals surface area contributed by atoms with Crippen molar-refractivity contribution in [2.75, 3.05) is 28.3 Å². The third-order valence-electron chi connectivity index (χ3n) is 5.16. The summed E-state index contributed by atoms with van der Waals surface area (Å²) >= 11 is 0. The Kier molecular flexibility index (Phi) is 4.36. The molecule has 0 radical (unpaired) electrons. The highest BCUT2D eigenvalue weighted by atomic mass is 16.5. The highest BCUT2D eigenvalue weighted by Gasteiger charge is 2.50. The van der Waals surface area contributed by atoms with Gasteiger partial charge in [0.25, 0.3) is 0 Å². The molecule has 4 atom stereocenters. The van der Waals surface area contributed by atoms with Gasteiger partial charge in [-0.2, -0.15) is 0 Å². The lowest BCUT2D eigenvalue weighted by Crippen LogP contribution is -2.71. The molecule has 4 amide bonds. The fourth-order valence-corrected chi connectivity index (χ4v) is 3.78. The molecule has 0 aromatic heterocycles. The van der Waals surface area contributed by atoms with Gasteiger partial charge in [-0.1, -0.05) is 0 Å². The molecule has 1 aromatic rings. The smallest absolute Gasteiger partial charge is 0.319 e. The Morgan fingerprint density at radius 2 is 1.68 bits per heavy atom. The van der Waals surface area contributed by atoms with E-state index in [-0.39, 0.29) is 36.2 Å². The zero-order chi connectivity index (χ0) is 18.3. The maximum Gasteiger partial charge on any atom is 0.319 e. The lowest BCUT2D eigenvalue weighted by atomic mass is 9.81. The Labute approximate surface area is 147 Å². The number of carbonyl (C=O) groups excluding carboxylic acids is 2. The SMILES string of the molecule is COc1ccc([C@@H]2[C@@H]3[C@@H](C)NC(=O)N(C)[C@H]3NC(=O)N2C)c(OC)c1. The molecule has 0 spiro atoms. The average Bonchev–Trinajstić information content (AvgIpc) is 2.61. The number of amides is 4. The number of methoxy groups -OCH3 is 2. The summed E-state index contributed by atoms with van der Waals surface area (Å²) in [6.45, 7) is 1.96. The first-order chi connectivity index (χ1) is 11.9. The van der Waals surface area contributed by atoms with E-state index in [0.29, 0.717) is 11.5 Å². The predicted octanol–water partition coefficient (Wildman–Crippen LogP) is 1.39. The maximum absolute atomic E-state index is 12.5. The third-order valence-corrected chi connectivity index (χ3v) is 5.16. The second-order valence-corrected chi connectivity index (χ2v) is 6.48. The van der Waals surface area contributed by atoms with E-state index >= 15 is 0 Å². The second kappa shape index (κ2) is 6.34. The van der Waals surface area contributed by atoms with Crippen LogP contribution >= 0.6 is 0 Å². The quantitative estimate of drug-likeness (QED) is 0.865. The minimum Gasteiger partial charge on any atom is -0.497 e. The molecule has 3 rings (SSSR count). The van der Waals surface area contributed by atoms with Crippen LogP contribution in [0.3, 0.4) is 0 Å². The number of fused-ring (bicyclic) bond motifs is 1. The van der Waals surface area contributed by atoms with Crippen LogP contribution in [0.2, 0.25) is 0 Å². The lowest BCUT2D eigenvalue weighted by molar-refractivity contribution is 0.0241. The Morgan fingerprint density at radius 1 is 1.00 bits per heavy atom. The molecule has 136 valence electrons. The van der Waals surface area contributed by atoms with Gasteiger partial charge in [0.05, 0.1) is 20.3 Å². The Morgan fingerprint density at radius 3 is 2.32 bits per heavy atom. The van der Waals surface area contributed by atoms with Crippen molar-refractivity contribution in [3.63, 3.8) is 0 Å². The molecular weight excluding hydrogens is 324 g/mol. The predicted molar refractivity (Wildman–Crippen MR) is 91.6 cm³/mol. The fraction of sp³-hybridized carbons (Fsp3) is 0.529. The normalized spacial score (nSPS) is 28.8. The van der Waals surface area contributed by atoms with E-state index in [1.54, 1.807) is 44.2 Å². The van der Waals surface area contributed by atoms with E-state index in [4.69, 9.17) is 9.47 Å². The Hall–Kier alpha value is -2.64. The minimum atomic E-state index is -0.385. The number of carbonyl (C=O) groups is 2. The highest BCUT2D eigenvalue weighted by Crippen LogP contribution is 2.42. The zero-order valence-electron chi connectivity index (χ0n) is 15.1. The summed E-state index contributed by atoms with van der Waals surface area (Å²) in [5.74, 6) is 1.28. The van der Waals surface area contributed by atoms with Gasteiger partial charge in [0.15, 0.2) is 0 Å². The molecule has 2 heterocycles. The van der Waals surface area contributed by atoms with Crippen LogP contribution in [-0.2, 0) is 0 Å². The third kappa shape index (κ3) is 2.71. The first-order valence-electron chi connectivity index (χ1n) is 8.17. The first-order valence-corrected chi connectivity index (χ1v) is 8.17. The summed E-state index contributed by atoms with van der Waals surface area (Å²) in [5.41, 5.74) is 0.882. The van der Waals surface area contributed by atoms with Crippen molar-refractivity contribution in [2.24, 2.45) is 5.92 Å². The molecule has 2 aliphatic heterocycles. The van der Waals surface area contributed by atoms with Crippen molar-refractivity contribution in [3.05, 3.63) is 23.8 Å². The molecule has 2 N–H and O–H groups in total. The molecule has 1 aromatic carbocycles. The van der Waals surface area contributed by atoms with Crippen LogP contribution in [0.1, 0.15) is 18.5 Å². The summed E-state index contributed by atoms with van der Waals surface area (Å²) in [6, 6.07) is 4.78. The lowest BCUT2D eigenvalue weighted by Gasteiger charge is -2.52. The van der Waals surface area contributed by atoms with Gasteiger partial charge in [-0.25, -0.2) is 9.59 Å². The van der Waals surface area contributed by atoms with E-state index < -0.39 is 0 Å². The number of benzene rings is 1. The number of nitrogens with one attached hydrogen (secondary N) is 2. The molecule has 25 heavy (non-hydrogen) atoms. The second-order valence-electron chi connectivity index (χ2n) is 6.48. The van der Waals surface area contributed by atoms with Crippen molar-refractivity contribution in [1.29, 1.82) is 0 Å². The van der Waals surface area contributed by atoms with Gasteiger partial charge in [0, 0.05) is 37.7 Å². The van der Waals surface area contributed by atoms with Crippen LogP contribution in [0.25, 0.3) is 0 Å². The average molecular weight is 348 g/mol. The number of urea groups is 2. The molecular formula is C17H24N4O4. The van der Waals surface area contributed by atoms with Gasteiger partial charge in [-0.05, 0) is 19.1 Å². The van der Waals surface area contributed by atoms with Gasteiger partial charge in [-0.15, -0.1) is 0 Å². The van der Waals surface area contributed by atoms with Gasteiger partial charge in [0.1, 0.15) is 17.7 Å². The monoisotopic (exact) mass is 348 g/mol. The standard InChI is InChI=1S/C17H24N4O4/c1-9-13-14(11-7-6-10(24-4)8-12(11)25-5)20(2)17(23)19-15(13)21(3)16(22)18-9/h6-9,13-15H,1-5H3,(H,18,22)(H,19,23)/t9-,13+,14-,15-/m1/s1. The molecule has 0 bridgehead atoms. The Bertz CT molecular complexity index is 695. The van der Waals surface area contributed by atoms with Crippen molar-refractivity contribution in [3.8, 4) is 11.5 Å². The van der Waals surface area contributed by atoms with Crippen molar-refractivity contribution in [1.82, 2.24) is 20.4 Å². The van der Waals surface area contributed by atoms with Crippen molar-refractivity contribution in [2.45, 2.75) is 25.2 Å². The van der Waals surface area contributed by atoms with Crippen LogP contribution in [-0.4, -0.2) is 62.4 Å². The maximum atomic E-state index is 12.5. The van der Waals surface area contributed by atoms with Gasteiger partial charge in [-0.3, -0.25) is 0 Å². The molecule has 2 saturated heterocycles. The van der Waals surface area contributed by atoms with E-state index in [0.717, 1.165) is 5.56 Å². The number of hydrogen-bond donors (Lipinski definition) is 2. The summed E-state index contributed by atoms with van der Waals surface area (Å²) in [5, 5.41) is 5.89. The van der Waals surface area contributed by atoms with Gasteiger partial charge >= 0.3 is 12.1 Å². The number of rotatable bonds is 3. The molecule has 0 unspecified atom stereocenters. The van der Waals surface area contributed by atoms with E-state index in [1.165, 1.54) is 0 Å². The van der Waals surface area contributed by atoms with E-state index in [1.807, 2.05) is 19.1 Å². The van der Waals surface area contributed by atoms with Crippen LogP contribution in [0.5, 0.6) is 11.5 Å². The highest BCUT2D eigenvalue weighted by molar-refractivity contribution is 5.80. The summed E-state index contributed by atoms with van der Waals surface area (Å²) < 4.78 is 10.8. The molecule has 8 heteroatoms. The zero-order valence-corrected chi connectivity index (χ0v) is 15.1. The van der Waals surface area contributed by atoms with Gasteiger partial charge < -0.3 is 29.9 Å². The minimum absolute atomic E-state index is 0.0484. The topological polar surface area (TPSA) is 83.1 Å². The van der Waals surface area contributed by atoms with Crippen LogP contribution in [0, 0.1) is 5.92 Å². The number of nitrogens with zero attached hydrogens (tertiary/aromatic N) is 2. The van der Waals surface area contributed by atoms with E-state index in [2.05, 4.69) is 10.6 Å². The molecule has 2 fully saturated rings. The summed E-state index contributed by atoms with van der Waals surface area (Å²) in [6.07, 6.45) is -0.385. The molecule has 8 nitrogen and oxygen atoms in total. The Balaban J connectivity index is 2.09. The molecule has 0 aliphatic carbocycles. The number of ether oxygens (including phenoxy) is 2. The summed E-state index contributed by atoms with van der Waals surface area (Å²) in [7, 11) is 6.63. The van der Waals surface area contributed by atoms with Crippen LogP contribution < -0.4 is 20.1 Å². The van der Waals surface area contributed by atoms with Crippen LogP contribution in [0.15, 0.2) is 18.2 Å². The van der Waals surface area contributed by atoms with Crippen LogP contribution in [0.4, 0.5) is 9.59 Å². The molecule has 2 aliphatic rings. The number of hydrogen-bond acceptors (Lipinski definition) is 4. The van der Waals surface area contributed by atoms with Gasteiger partial charge in [0.2, 0.25) is 0 Å². The molecule has 0 saturated carbocycles. The fourth-order valence-electron chi connectivity index (χ4n) is 3.78. The largest absolute Gasteiger partial charge is 0.497 e. The van der Waals surface area contributed by atoms with Crippen molar-refractivity contribution < 1.29 is 19.1 Å². The summed E-state index contributed by atoms with van der Waals surface area (Å²) in [4.78, 5) is 27.8. The first kappa shape index (κ1) is 17.2. The van der Waals surface area contributed by atoms with Crippen molar-refractivity contribution >= 4 is 12.1 Å².